The molecule has 1 saturated heterocycles. The molecule has 0 radical (unpaired) electrons. The maximum Gasteiger partial charge on any atom is 0.409 e. The van der Waals surface area contributed by atoms with Crippen molar-refractivity contribution in [3.05, 3.63) is 0 Å². The van der Waals surface area contributed by atoms with Gasteiger partial charge in [-0.2, -0.15) is 0 Å². The van der Waals surface area contributed by atoms with E-state index < -0.39 is 0 Å². The summed E-state index contributed by atoms with van der Waals surface area (Å²) in [5.41, 5.74) is 0. The Balaban J connectivity index is 2.36. The number of amides is 1. The van der Waals surface area contributed by atoms with Gasteiger partial charge in [-0.1, -0.05) is 13.8 Å². The number of nitrogens with one attached hydrogen (secondary N) is 1. The van der Waals surface area contributed by atoms with E-state index in [1.165, 1.54) is 0 Å². The van der Waals surface area contributed by atoms with E-state index in [0.29, 0.717) is 18.4 Å². The molecule has 15 heavy (non-hydrogen) atoms. The zero-order chi connectivity index (χ0) is 11.3. The van der Waals surface area contributed by atoms with Crippen LogP contribution in [0.1, 0.15) is 20.3 Å². The van der Waals surface area contributed by atoms with Crippen LogP contribution in [-0.4, -0.2) is 44.3 Å². The predicted molar refractivity (Wildman–Crippen MR) is 59.8 cm³/mol. The van der Waals surface area contributed by atoms with Gasteiger partial charge in [0, 0.05) is 19.0 Å². The van der Waals surface area contributed by atoms with Gasteiger partial charge in [0.1, 0.15) is 0 Å². The predicted octanol–water partition coefficient (Wildman–Crippen LogP) is 1.32. The Hall–Kier alpha value is -0.770. The minimum Gasteiger partial charge on any atom is -0.449 e. The minimum atomic E-state index is -0.150. The van der Waals surface area contributed by atoms with E-state index in [1.807, 2.05) is 11.9 Å². The molecule has 0 aliphatic carbocycles. The highest BCUT2D eigenvalue weighted by molar-refractivity contribution is 5.68. The molecule has 1 unspecified atom stereocenters. The molecule has 1 N–H and O–H groups in total. The van der Waals surface area contributed by atoms with Crippen molar-refractivity contribution in [1.29, 1.82) is 0 Å². The van der Waals surface area contributed by atoms with Gasteiger partial charge in [-0.05, 0) is 25.9 Å². The largest absolute Gasteiger partial charge is 0.449 e. The Morgan fingerprint density at radius 3 is 2.93 bits per heavy atom. The second-order valence-corrected chi connectivity index (χ2v) is 4.48. The van der Waals surface area contributed by atoms with E-state index in [2.05, 4.69) is 19.2 Å². The van der Waals surface area contributed by atoms with Crippen LogP contribution in [0.5, 0.6) is 0 Å². The van der Waals surface area contributed by atoms with Crippen LogP contribution in [-0.2, 0) is 4.74 Å². The fourth-order valence-corrected chi connectivity index (χ4v) is 1.71. The summed E-state index contributed by atoms with van der Waals surface area (Å²) >= 11 is 0. The third-order valence-corrected chi connectivity index (χ3v) is 2.93. The van der Waals surface area contributed by atoms with Crippen molar-refractivity contribution >= 4 is 6.09 Å². The average Bonchev–Trinajstić information content (AvgIpc) is 2.20. The lowest BCUT2D eigenvalue weighted by Crippen LogP contribution is -2.45. The number of cyclic esters (lactones) is 1. The van der Waals surface area contributed by atoms with Crippen LogP contribution in [0.4, 0.5) is 4.79 Å². The van der Waals surface area contributed by atoms with E-state index in [1.54, 1.807) is 0 Å². The smallest absolute Gasteiger partial charge is 0.409 e. The maximum absolute atomic E-state index is 11.4. The number of ether oxygens (including phenoxy) is 1. The SMILES string of the molecule is CNCCCN1CC(C(C)C)COC1=O. The van der Waals surface area contributed by atoms with Crippen molar-refractivity contribution in [3.63, 3.8) is 0 Å². The first kappa shape index (κ1) is 12.3. The van der Waals surface area contributed by atoms with Gasteiger partial charge in [0.15, 0.2) is 0 Å². The van der Waals surface area contributed by atoms with Crippen LogP contribution in [0.15, 0.2) is 0 Å². The summed E-state index contributed by atoms with van der Waals surface area (Å²) in [5, 5.41) is 3.08. The molecular formula is C11H22N2O2. The highest BCUT2D eigenvalue weighted by atomic mass is 16.6. The number of hydrogen-bond donors (Lipinski definition) is 1. The molecule has 4 nitrogen and oxygen atoms in total. The summed E-state index contributed by atoms with van der Waals surface area (Å²) in [6, 6.07) is 0. The second-order valence-electron chi connectivity index (χ2n) is 4.48. The summed E-state index contributed by atoms with van der Waals surface area (Å²) in [6.07, 6.45) is 0.833. The third kappa shape index (κ3) is 3.70. The van der Waals surface area contributed by atoms with E-state index >= 15 is 0 Å². The van der Waals surface area contributed by atoms with Gasteiger partial charge in [0.25, 0.3) is 0 Å². The van der Waals surface area contributed by atoms with Crippen LogP contribution in [0.2, 0.25) is 0 Å². The second kappa shape index (κ2) is 5.95. The molecule has 1 atom stereocenters. The highest BCUT2D eigenvalue weighted by Crippen LogP contribution is 2.18. The van der Waals surface area contributed by atoms with Crippen LogP contribution in [0.25, 0.3) is 0 Å². The zero-order valence-electron chi connectivity index (χ0n) is 9.95. The Bertz CT molecular complexity index is 207. The summed E-state index contributed by atoms with van der Waals surface area (Å²) in [7, 11) is 1.92. The summed E-state index contributed by atoms with van der Waals surface area (Å²) in [5.74, 6) is 1.06. The first-order chi connectivity index (χ1) is 7.15. The fourth-order valence-electron chi connectivity index (χ4n) is 1.71. The lowest BCUT2D eigenvalue weighted by Gasteiger charge is -2.34. The quantitative estimate of drug-likeness (QED) is 0.702. The molecule has 1 aliphatic heterocycles. The Morgan fingerprint density at radius 1 is 1.60 bits per heavy atom. The van der Waals surface area contributed by atoms with Crippen molar-refractivity contribution in [2.45, 2.75) is 20.3 Å². The van der Waals surface area contributed by atoms with E-state index in [0.717, 1.165) is 26.1 Å². The number of nitrogens with zero attached hydrogens (tertiary/aromatic N) is 1. The van der Waals surface area contributed by atoms with Crippen LogP contribution in [0, 0.1) is 11.8 Å². The first-order valence-corrected chi connectivity index (χ1v) is 5.71. The highest BCUT2D eigenvalue weighted by Gasteiger charge is 2.28. The van der Waals surface area contributed by atoms with Crippen molar-refractivity contribution < 1.29 is 9.53 Å². The van der Waals surface area contributed by atoms with E-state index in [-0.39, 0.29) is 6.09 Å². The molecule has 1 aliphatic rings. The molecule has 1 fully saturated rings. The lowest BCUT2D eigenvalue weighted by molar-refractivity contribution is 0.0296. The van der Waals surface area contributed by atoms with Crippen LogP contribution < -0.4 is 5.32 Å². The van der Waals surface area contributed by atoms with Crippen molar-refractivity contribution in [2.24, 2.45) is 11.8 Å². The van der Waals surface area contributed by atoms with Gasteiger partial charge in [0.2, 0.25) is 0 Å². The number of carbonyl (C=O) groups is 1. The summed E-state index contributed by atoms with van der Waals surface area (Å²) < 4.78 is 5.16. The molecule has 0 aromatic heterocycles. The van der Waals surface area contributed by atoms with Crippen molar-refractivity contribution in [2.75, 3.05) is 33.3 Å². The van der Waals surface area contributed by atoms with Gasteiger partial charge >= 0.3 is 6.09 Å². The molecule has 1 heterocycles. The van der Waals surface area contributed by atoms with Crippen molar-refractivity contribution in [3.8, 4) is 0 Å². The van der Waals surface area contributed by atoms with Gasteiger partial charge in [-0.25, -0.2) is 4.79 Å². The summed E-state index contributed by atoms with van der Waals surface area (Å²) in [6.45, 7) is 7.52. The molecule has 0 saturated carbocycles. The normalized spacial score (nSPS) is 22.0. The topological polar surface area (TPSA) is 41.6 Å². The maximum atomic E-state index is 11.4. The van der Waals surface area contributed by atoms with Gasteiger partial charge in [-0.15, -0.1) is 0 Å². The standard InChI is InChI=1S/C11H22N2O2/c1-9(2)10-7-13(6-4-5-12-3)11(14)15-8-10/h9-10,12H,4-8H2,1-3H3. The lowest BCUT2D eigenvalue weighted by atomic mass is 9.95. The molecule has 0 aromatic rings. The number of rotatable bonds is 5. The molecule has 0 bridgehead atoms. The fraction of sp³-hybridized carbons (Fsp3) is 0.909. The van der Waals surface area contributed by atoms with E-state index in [9.17, 15) is 4.79 Å². The van der Waals surface area contributed by atoms with Gasteiger partial charge in [0.05, 0.1) is 6.61 Å². The Kier molecular flexibility index (Phi) is 4.88. The third-order valence-electron chi connectivity index (χ3n) is 2.93. The Morgan fingerprint density at radius 2 is 2.33 bits per heavy atom. The molecule has 0 spiro atoms. The summed E-state index contributed by atoms with van der Waals surface area (Å²) in [4.78, 5) is 13.3. The first-order valence-electron chi connectivity index (χ1n) is 5.71. The monoisotopic (exact) mass is 214 g/mol. The molecule has 4 heteroatoms. The number of carbonyl (C=O) groups excluding carboxylic acids is 1. The van der Waals surface area contributed by atoms with E-state index in [4.69, 9.17) is 4.74 Å². The van der Waals surface area contributed by atoms with Crippen LogP contribution in [0.3, 0.4) is 0 Å². The number of hydrogen-bond acceptors (Lipinski definition) is 3. The average molecular weight is 214 g/mol. The van der Waals surface area contributed by atoms with Gasteiger partial charge < -0.3 is 15.0 Å². The van der Waals surface area contributed by atoms with Crippen LogP contribution >= 0.6 is 0 Å². The Labute approximate surface area is 92.0 Å². The molecular weight excluding hydrogens is 192 g/mol. The van der Waals surface area contributed by atoms with Gasteiger partial charge in [-0.3, -0.25) is 0 Å². The minimum absolute atomic E-state index is 0.150. The molecule has 88 valence electrons. The molecule has 0 aromatic carbocycles. The van der Waals surface area contributed by atoms with Crippen molar-refractivity contribution in [1.82, 2.24) is 10.2 Å². The molecule has 1 rings (SSSR count). The zero-order valence-corrected chi connectivity index (χ0v) is 9.95. The molecule has 1 amide bonds.